The summed E-state index contributed by atoms with van der Waals surface area (Å²) in [5.41, 5.74) is -0.234. The van der Waals surface area contributed by atoms with E-state index < -0.39 is 122 Å². The molecule has 0 unspecified atom stereocenters. The lowest BCUT2D eigenvalue weighted by Gasteiger charge is -2.56. The third-order valence-electron chi connectivity index (χ3n) is 10.6. The average Bonchev–Trinajstić information content (AvgIpc) is 3.27. The van der Waals surface area contributed by atoms with Crippen molar-refractivity contribution in [3.63, 3.8) is 0 Å². The molecule has 1 aliphatic heterocycles. The minimum absolute atomic E-state index is 0.116. The van der Waals surface area contributed by atoms with Gasteiger partial charge < -0.3 is 52.1 Å². The van der Waals surface area contributed by atoms with Crippen molar-refractivity contribution in [3.05, 3.63) is 108 Å². The van der Waals surface area contributed by atoms with Gasteiger partial charge in [0.05, 0.1) is 31.9 Å². The maximum Gasteiger partial charge on any atom is 0.305 e. The van der Waals surface area contributed by atoms with Crippen molar-refractivity contribution in [2.45, 2.75) is 135 Å². The predicted octanol–water partition coefficient (Wildman–Crippen LogP) is 3.59. The van der Waals surface area contributed by atoms with Crippen LogP contribution in [0.2, 0.25) is 0 Å². The highest BCUT2D eigenvalue weighted by molar-refractivity contribution is 5.69. The molecule has 19 heteroatoms. The standard InChI is InChI=1S/C48H57NO18/c1-28(50)57-26-38-39(41(62-30(3)52)44(47(67-38)66-34(7)56)58-23-35-17-11-8-12-18-35)49-40-42(63-31(4)53)43(64-32(5)54)46(59-24-36-19-13-9-14-20-36)48(27-60-29(2)51,45(40)65-33(6)55)61-25-37-21-15-10-16-22-37/h8-22,38-47,49H,23-27H2,1-7H3/t38-,39-,40-,41+,42+,43-,44-,45+,46+,47+,48-/m1/s1. The maximum atomic E-state index is 13.5. The fraction of sp³-hybridized carbons (Fsp3) is 0.479. The third kappa shape index (κ3) is 14.6. The molecule has 67 heavy (non-hydrogen) atoms. The van der Waals surface area contributed by atoms with Crippen LogP contribution in [0, 0.1) is 0 Å². The highest BCUT2D eigenvalue weighted by Crippen LogP contribution is 2.43. The first-order chi connectivity index (χ1) is 32.0. The fourth-order valence-electron chi connectivity index (χ4n) is 8.05. The van der Waals surface area contributed by atoms with Crippen LogP contribution in [0.3, 0.4) is 0 Å². The van der Waals surface area contributed by atoms with E-state index in [9.17, 15) is 33.6 Å². The van der Waals surface area contributed by atoms with Gasteiger partial charge in [-0.15, -0.1) is 0 Å². The molecule has 1 saturated carbocycles. The topological polar surface area (TPSA) is 233 Å². The summed E-state index contributed by atoms with van der Waals surface area (Å²) in [5.74, 6) is -5.81. The van der Waals surface area contributed by atoms with Crippen LogP contribution in [0.1, 0.15) is 65.2 Å². The number of carbonyl (C=O) groups excluding carboxylic acids is 7. The van der Waals surface area contributed by atoms with Crippen molar-refractivity contribution < 1.29 is 85.7 Å². The Bertz CT molecular complexity index is 2140. The number of esters is 7. The van der Waals surface area contributed by atoms with E-state index in [2.05, 4.69) is 5.32 Å². The van der Waals surface area contributed by atoms with Gasteiger partial charge in [-0.25, -0.2) is 0 Å². The van der Waals surface area contributed by atoms with E-state index in [0.29, 0.717) is 16.7 Å². The summed E-state index contributed by atoms with van der Waals surface area (Å²) in [6, 6.07) is 23.5. The van der Waals surface area contributed by atoms with Crippen molar-refractivity contribution in [2.24, 2.45) is 0 Å². The molecule has 0 bridgehead atoms. The first-order valence-corrected chi connectivity index (χ1v) is 21.5. The van der Waals surface area contributed by atoms with Gasteiger partial charge in [0.2, 0.25) is 6.29 Å². The molecule has 5 rings (SSSR count). The monoisotopic (exact) mass is 935 g/mol. The van der Waals surface area contributed by atoms with Gasteiger partial charge in [-0.1, -0.05) is 91.0 Å². The van der Waals surface area contributed by atoms with E-state index in [1.165, 1.54) is 0 Å². The average molecular weight is 936 g/mol. The molecule has 2 fully saturated rings. The Hall–Kier alpha value is -6.25. The number of hydrogen-bond acceptors (Lipinski definition) is 19. The Kier molecular flexibility index (Phi) is 18.9. The van der Waals surface area contributed by atoms with Crippen molar-refractivity contribution in [2.75, 3.05) is 13.2 Å². The smallest absolute Gasteiger partial charge is 0.305 e. The van der Waals surface area contributed by atoms with Crippen LogP contribution in [-0.4, -0.2) is 122 Å². The maximum absolute atomic E-state index is 13.5. The molecule has 1 saturated heterocycles. The minimum Gasteiger partial charge on any atom is -0.463 e. The second-order valence-electron chi connectivity index (χ2n) is 15.9. The van der Waals surface area contributed by atoms with E-state index in [1.54, 1.807) is 91.0 Å². The normalized spacial score (nSPS) is 26.8. The molecule has 2 aliphatic rings. The highest BCUT2D eigenvalue weighted by atomic mass is 16.7. The Morgan fingerprint density at radius 2 is 0.925 bits per heavy atom. The molecule has 0 spiro atoms. The molecule has 0 aromatic heterocycles. The molecule has 19 nitrogen and oxygen atoms in total. The summed E-state index contributed by atoms with van der Waals surface area (Å²) in [5, 5.41) is 3.30. The van der Waals surface area contributed by atoms with Crippen LogP contribution in [-0.2, 0) is 105 Å². The van der Waals surface area contributed by atoms with Gasteiger partial charge in [-0.3, -0.25) is 38.9 Å². The Morgan fingerprint density at radius 1 is 0.478 bits per heavy atom. The van der Waals surface area contributed by atoms with Gasteiger partial charge in [-0.2, -0.15) is 0 Å². The van der Waals surface area contributed by atoms with Gasteiger partial charge in [-0.05, 0) is 16.7 Å². The lowest BCUT2D eigenvalue weighted by Crippen LogP contribution is -2.80. The largest absolute Gasteiger partial charge is 0.463 e. The summed E-state index contributed by atoms with van der Waals surface area (Å²) in [7, 11) is 0. The minimum atomic E-state index is -2.16. The van der Waals surface area contributed by atoms with Crippen molar-refractivity contribution in [1.82, 2.24) is 5.32 Å². The van der Waals surface area contributed by atoms with E-state index in [-0.39, 0.29) is 19.8 Å². The molecule has 362 valence electrons. The SMILES string of the molecule is CC(=O)OC[C@H]1O[C@H](OC(C)=O)[C@H](OCc2ccccc2)[C@@H](OC(C)=O)[C@@H]1N[C@@H]1[C@H](OC(C)=O)[C@@H](OC(C)=O)[C@H](OCc2ccccc2)[C@](COC(C)=O)(OCc2ccccc2)[C@H]1OC(C)=O. The Balaban J connectivity index is 1.78. The lowest BCUT2D eigenvalue weighted by atomic mass is 9.72. The van der Waals surface area contributed by atoms with Crippen LogP contribution in [0.4, 0.5) is 0 Å². The molecule has 11 atom stereocenters. The molecule has 3 aromatic carbocycles. The molecule has 0 amide bonds. The Labute approximate surface area is 387 Å². The van der Waals surface area contributed by atoms with E-state index in [4.69, 9.17) is 52.1 Å². The fourth-order valence-corrected chi connectivity index (χ4v) is 8.05. The number of rotatable bonds is 20. The van der Waals surface area contributed by atoms with Gasteiger partial charge in [0.1, 0.15) is 25.4 Å². The quantitative estimate of drug-likeness (QED) is 0.126. The van der Waals surface area contributed by atoms with E-state index in [0.717, 1.165) is 48.5 Å². The van der Waals surface area contributed by atoms with Gasteiger partial charge >= 0.3 is 41.8 Å². The van der Waals surface area contributed by atoms with E-state index in [1.807, 2.05) is 0 Å². The first kappa shape index (κ1) is 51.7. The van der Waals surface area contributed by atoms with Crippen LogP contribution < -0.4 is 5.32 Å². The molecule has 1 N–H and O–H groups in total. The predicted molar refractivity (Wildman–Crippen MR) is 231 cm³/mol. The third-order valence-corrected chi connectivity index (χ3v) is 10.6. The first-order valence-electron chi connectivity index (χ1n) is 21.5. The van der Waals surface area contributed by atoms with Crippen molar-refractivity contribution in [3.8, 4) is 0 Å². The van der Waals surface area contributed by atoms with Gasteiger partial charge in [0, 0.05) is 48.5 Å². The summed E-state index contributed by atoms with van der Waals surface area (Å²) in [4.78, 5) is 91.1. The molecular weight excluding hydrogens is 879 g/mol. The summed E-state index contributed by atoms with van der Waals surface area (Å²) < 4.78 is 67.3. The van der Waals surface area contributed by atoms with Crippen LogP contribution in [0.25, 0.3) is 0 Å². The zero-order valence-electron chi connectivity index (χ0n) is 38.3. The van der Waals surface area contributed by atoms with Crippen LogP contribution in [0.5, 0.6) is 0 Å². The van der Waals surface area contributed by atoms with Gasteiger partial charge in [0.25, 0.3) is 0 Å². The number of benzene rings is 3. The number of nitrogens with one attached hydrogen (secondary N) is 1. The second-order valence-corrected chi connectivity index (χ2v) is 15.9. The summed E-state index contributed by atoms with van der Waals surface area (Å²) in [6.07, 6.45) is -12.5. The zero-order valence-corrected chi connectivity index (χ0v) is 38.3. The van der Waals surface area contributed by atoms with E-state index >= 15 is 0 Å². The van der Waals surface area contributed by atoms with Crippen molar-refractivity contribution >= 4 is 41.8 Å². The van der Waals surface area contributed by atoms with Gasteiger partial charge in [0.15, 0.2) is 36.1 Å². The highest BCUT2D eigenvalue weighted by Gasteiger charge is 2.67. The molecular formula is C48H57NO18. The molecule has 3 aromatic rings. The summed E-state index contributed by atoms with van der Waals surface area (Å²) in [6.45, 7) is 6.06. The molecule has 0 radical (unpaired) electrons. The number of ether oxygens (including phenoxy) is 11. The second kappa shape index (κ2) is 24.5. The van der Waals surface area contributed by atoms with Crippen LogP contribution >= 0.6 is 0 Å². The molecule has 1 aliphatic carbocycles. The zero-order chi connectivity index (χ0) is 48.7. The number of carbonyl (C=O) groups is 7. The Morgan fingerprint density at radius 3 is 1.40 bits per heavy atom. The number of hydrogen-bond donors (Lipinski definition) is 1. The summed E-state index contributed by atoms with van der Waals surface area (Å²) >= 11 is 0. The van der Waals surface area contributed by atoms with Crippen LogP contribution in [0.15, 0.2) is 91.0 Å². The molecule has 1 heterocycles. The lowest BCUT2D eigenvalue weighted by molar-refractivity contribution is -0.305. The van der Waals surface area contributed by atoms with Crippen molar-refractivity contribution in [1.29, 1.82) is 0 Å².